The number of nitrogens with zero attached hydrogens (tertiary/aromatic N) is 1. The van der Waals surface area contributed by atoms with Gasteiger partial charge in [0.2, 0.25) is 5.91 Å². The molecular weight excluding hydrogens is 322 g/mol. The van der Waals surface area contributed by atoms with E-state index in [-0.39, 0.29) is 18.3 Å². The van der Waals surface area contributed by atoms with E-state index in [1.165, 1.54) is 31.2 Å². The lowest BCUT2D eigenvalue weighted by Crippen LogP contribution is -2.44. The summed E-state index contributed by atoms with van der Waals surface area (Å²) < 4.78 is 0. The fourth-order valence-corrected chi connectivity index (χ4v) is 3.95. The molecule has 0 aromatic heterocycles. The molecule has 5 heteroatoms. The molecule has 1 saturated heterocycles. The molecule has 4 nitrogen and oxygen atoms in total. The first kappa shape index (κ1) is 19.1. The summed E-state index contributed by atoms with van der Waals surface area (Å²) in [6.45, 7) is 3.04. The molecule has 2 fully saturated rings. The van der Waals surface area contributed by atoms with Gasteiger partial charge in [0.25, 0.3) is 0 Å². The van der Waals surface area contributed by atoms with Crippen LogP contribution in [0.4, 0.5) is 5.69 Å². The number of nitrogen functional groups attached to an aromatic ring is 1. The number of piperidine rings is 1. The molecule has 3 N–H and O–H groups in total. The Kier molecular flexibility index (Phi) is 7.38. The average Bonchev–Trinajstić information content (AvgIpc) is 3.02. The number of rotatable bonds is 5. The maximum atomic E-state index is 12.1. The highest BCUT2D eigenvalue weighted by atomic mass is 35.5. The first-order chi connectivity index (χ1) is 11.2. The third-order valence-electron chi connectivity index (χ3n) is 5.26. The minimum Gasteiger partial charge on any atom is -0.399 e. The molecule has 0 atom stereocenters. The van der Waals surface area contributed by atoms with Crippen LogP contribution in [-0.2, 0) is 11.3 Å². The first-order valence-electron chi connectivity index (χ1n) is 9.05. The molecule has 1 saturated carbocycles. The van der Waals surface area contributed by atoms with Crippen molar-refractivity contribution in [2.45, 2.75) is 57.5 Å². The summed E-state index contributed by atoms with van der Waals surface area (Å²) in [4.78, 5) is 14.6. The van der Waals surface area contributed by atoms with Gasteiger partial charge in [0.15, 0.2) is 0 Å². The highest BCUT2D eigenvalue weighted by molar-refractivity contribution is 5.85. The number of nitrogens with two attached hydrogens (primary N) is 1. The normalized spacial score (nSPS) is 19.8. The van der Waals surface area contributed by atoms with Crippen LogP contribution >= 0.6 is 12.4 Å². The van der Waals surface area contributed by atoms with Gasteiger partial charge in [-0.2, -0.15) is 0 Å². The van der Waals surface area contributed by atoms with Crippen LogP contribution in [0, 0.1) is 5.92 Å². The standard InChI is InChI=1S/C19H29N3O.ClH/c20-17-7-3-6-16(12-17)14-22-10-8-18(9-11-22)21-19(23)13-15-4-1-2-5-15;/h3,6-7,12,15,18H,1-2,4-5,8-11,13-14,20H2,(H,21,23);1H. The van der Waals surface area contributed by atoms with Crippen LogP contribution in [0.2, 0.25) is 0 Å². The van der Waals surface area contributed by atoms with Crippen molar-refractivity contribution in [1.29, 1.82) is 0 Å². The number of halogens is 1. The number of nitrogens with one attached hydrogen (secondary N) is 1. The second kappa shape index (κ2) is 9.28. The van der Waals surface area contributed by atoms with Gasteiger partial charge in [0, 0.05) is 37.8 Å². The fourth-order valence-electron chi connectivity index (χ4n) is 3.95. The van der Waals surface area contributed by atoms with Crippen molar-refractivity contribution in [2.24, 2.45) is 5.92 Å². The van der Waals surface area contributed by atoms with Crippen LogP contribution in [0.5, 0.6) is 0 Å². The maximum absolute atomic E-state index is 12.1. The van der Waals surface area contributed by atoms with E-state index in [1.807, 2.05) is 12.1 Å². The summed E-state index contributed by atoms with van der Waals surface area (Å²) >= 11 is 0. The molecule has 0 spiro atoms. The van der Waals surface area contributed by atoms with Crippen LogP contribution in [0.15, 0.2) is 24.3 Å². The van der Waals surface area contributed by atoms with E-state index in [0.29, 0.717) is 12.0 Å². The Hall–Kier alpha value is -1.26. The van der Waals surface area contributed by atoms with Gasteiger partial charge >= 0.3 is 0 Å². The van der Waals surface area contributed by atoms with Gasteiger partial charge in [-0.05, 0) is 49.3 Å². The van der Waals surface area contributed by atoms with E-state index in [0.717, 1.165) is 44.6 Å². The third kappa shape index (κ3) is 5.67. The number of likely N-dealkylation sites (tertiary alicyclic amines) is 1. The summed E-state index contributed by atoms with van der Waals surface area (Å²) in [5, 5.41) is 3.25. The summed E-state index contributed by atoms with van der Waals surface area (Å²) in [5.41, 5.74) is 7.94. The number of hydrogen-bond donors (Lipinski definition) is 2. The van der Waals surface area contributed by atoms with Gasteiger partial charge < -0.3 is 11.1 Å². The zero-order valence-electron chi connectivity index (χ0n) is 14.4. The Labute approximate surface area is 151 Å². The minimum atomic E-state index is 0. The van der Waals surface area contributed by atoms with Crippen molar-refractivity contribution >= 4 is 24.0 Å². The zero-order valence-corrected chi connectivity index (χ0v) is 15.2. The maximum Gasteiger partial charge on any atom is 0.220 e. The quantitative estimate of drug-likeness (QED) is 0.800. The lowest BCUT2D eigenvalue weighted by molar-refractivity contribution is -0.123. The van der Waals surface area contributed by atoms with Crippen molar-refractivity contribution < 1.29 is 4.79 Å². The first-order valence-corrected chi connectivity index (χ1v) is 9.05. The predicted octanol–water partition coefficient (Wildman–Crippen LogP) is 3.35. The molecule has 2 aliphatic rings. The van der Waals surface area contributed by atoms with Crippen LogP contribution in [0.1, 0.15) is 50.5 Å². The number of benzene rings is 1. The Bertz CT molecular complexity index is 523. The Morgan fingerprint density at radius 3 is 2.54 bits per heavy atom. The van der Waals surface area contributed by atoms with Crippen LogP contribution < -0.4 is 11.1 Å². The SMILES string of the molecule is Cl.Nc1cccc(CN2CCC(NC(=O)CC3CCCC3)CC2)c1. The van der Waals surface area contributed by atoms with Crippen molar-refractivity contribution in [1.82, 2.24) is 10.2 Å². The van der Waals surface area contributed by atoms with Crippen molar-refractivity contribution in [3.8, 4) is 0 Å². The molecule has 1 aliphatic heterocycles. The second-order valence-electron chi connectivity index (χ2n) is 7.22. The number of carbonyl (C=O) groups excluding carboxylic acids is 1. The highest BCUT2D eigenvalue weighted by Crippen LogP contribution is 2.27. The predicted molar refractivity (Wildman–Crippen MR) is 101 cm³/mol. The average molecular weight is 352 g/mol. The van der Waals surface area contributed by atoms with Crippen LogP contribution in [0.25, 0.3) is 0 Å². The van der Waals surface area contributed by atoms with E-state index < -0.39 is 0 Å². The molecular formula is C19H30ClN3O. The second-order valence-corrected chi connectivity index (χ2v) is 7.22. The smallest absolute Gasteiger partial charge is 0.220 e. The van der Waals surface area contributed by atoms with Crippen molar-refractivity contribution in [3.63, 3.8) is 0 Å². The topological polar surface area (TPSA) is 58.4 Å². The molecule has 1 heterocycles. The molecule has 1 aliphatic carbocycles. The van der Waals surface area contributed by atoms with E-state index >= 15 is 0 Å². The Morgan fingerprint density at radius 2 is 1.88 bits per heavy atom. The molecule has 1 amide bonds. The summed E-state index contributed by atoms with van der Waals surface area (Å²) in [7, 11) is 0. The monoisotopic (exact) mass is 351 g/mol. The number of amides is 1. The lowest BCUT2D eigenvalue weighted by atomic mass is 10.0. The third-order valence-corrected chi connectivity index (χ3v) is 5.26. The van der Waals surface area contributed by atoms with Gasteiger partial charge in [0.05, 0.1) is 0 Å². The summed E-state index contributed by atoms with van der Waals surface area (Å²) in [5.74, 6) is 0.907. The van der Waals surface area contributed by atoms with E-state index in [2.05, 4.69) is 22.3 Å². The fraction of sp³-hybridized carbons (Fsp3) is 0.632. The van der Waals surface area contributed by atoms with Gasteiger partial charge in [0.1, 0.15) is 0 Å². The van der Waals surface area contributed by atoms with E-state index in [4.69, 9.17) is 5.73 Å². The zero-order chi connectivity index (χ0) is 16.1. The minimum absolute atomic E-state index is 0. The van der Waals surface area contributed by atoms with E-state index in [9.17, 15) is 4.79 Å². The molecule has 1 aromatic rings. The largest absolute Gasteiger partial charge is 0.399 e. The van der Waals surface area contributed by atoms with Crippen LogP contribution in [0.3, 0.4) is 0 Å². The molecule has 24 heavy (non-hydrogen) atoms. The number of anilines is 1. The molecule has 0 bridgehead atoms. The van der Waals surface area contributed by atoms with Crippen molar-refractivity contribution in [3.05, 3.63) is 29.8 Å². The van der Waals surface area contributed by atoms with Crippen molar-refractivity contribution in [2.75, 3.05) is 18.8 Å². The number of carbonyl (C=O) groups is 1. The van der Waals surface area contributed by atoms with Gasteiger partial charge in [-0.1, -0.05) is 25.0 Å². The summed E-state index contributed by atoms with van der Waals surface area (Å²) in [6, 6.07) is 8.48. The number of hydrogen-bond acceptors (Lipinski definition) is 3. The Morgan fingerprint density at radius 1 is 1.17 bits per heavy atom. The van der Waals surface area contributed by atoms with E-state index in [1.54, 1.807) is 0 Å². The van der Waals surface area contributed by atoms with Crippen LogP contribution in [-0.4, -0.2) is 29.9 Å². The lowest BCUT2D eigenvalue weighted by Gasteiger charge is -2.32. The molecule has 0 unspecified atom stereocenters. The van der Waals surface area contributed by atoms with Gasteiger partial charge in [-0.3, -0.25) is 9.69 Å². The molecule has 0 radical (unpaired) electrons. The van der Waals surface area contributed by atoms with Gasteiger partial charge in [-0.15, -0.1) is 12.4 Å². The Balaban J connectivity index is 0.00000208. The molecule has 3 rings (SSSR count). The highest BCUT2D eigenvalue weighted by Gasteiger charge is 2.23. The molecule has 134 valence electrons. The summed E-state index contributed by atoms with van der Waals surface area (Å²) in [6.07, 6.45) is 7.94. The van der Waals surface area contributed by atoms with Gasteiger partial charge in [-0.25, -0.2) is 0 Å². The molecule has 1 aromatic carbocycles.